The van der Waals surface area contributed by atoms with Gasteiger partial charge in [0, 0.05) is 10.5 Å². The van der Waals surface area contributed by atoms with Gasteiger partial charge in [0.2, 0.25) is 0 Å². The van der Waals surface area contributed by atoms with E-state index in [1.54, 1.807) is 0 Å². The van der Waals surface area contributed by atoms with E-state index in [-0.39, 0.29) is 6.04 Å². The molecule has 0 aliphatic heterocycles. The quantitative estimate of drug-likeness (QED) is 0.900. The fourth-order valence-electron chi connectivity index (χ4n) is 3.19. The molecular weight excluding hydrogens is 310 g/mol. The first-order chi connectivity index (χ1) is 9.72. The molecule has 0 fully saturated rings. The summed E-state index contributed by atoms with van der Waals surface area (Å²) < 4.78 is 1.14. The van der Waals surface area contributed by atoms with E-state index in [4.69, 9.17) is 5.73 Å². The van der Waals surface area contributed by atoms with Gasteiger partial charge in [-0.2, -0.15) is 0 Å². The summed E-state index contributed by atoms with van der Waals surface area (Å²) >= 11 is 3.53. The van der Waals surface area contributed by atoms with Gasteiger partial charge >= 0.3 is 0 Å². The molecular formula is C18H20BrN. The smallest absolute Gasteiger partial charge is 0.0178 e. The average molecular weight is 330 g/mol. The Balaban J connectivity index is 1.68. The fraction of sp³-hybridized carbons (Fsp3) is 0.333. The van der Waals surface area contributed by atoms with Gasteiger partial charge in [-0.3, -0.25) is 0 Å². The van der Waals surface area contributed by atoms with E-state index >= 15 is 0 Å². The maximum Gasteiger partial charge on any atom is 0.0178 e. The van der Waals surface area contributed by atoms with Crippen molar-refractivity contribution in [2.75, 3.05) is 0 Å². The van der Waals surface area contributed by atoms with Gasteiger partial charge in [0.15, 0.2) is 0 Å². The van der Waals surface area contributed by atoms with Crippen molar-refractivity contribution in [3.8, 4) is 0 Å². The topological polar surface area (TPSA) is 26.0 Å². The fourth-order valence-corrected chi connectivity index (χ4v) is 3.64. The minimum absolute atomic E-state index is 0.248. The first-order valence-corrected chi connectivity index (χ1v) is 8.08. The van der Waals surface area contributed by atoms with Gasteiger partial charge in [-0.15, -0.1) is 0 Å². The lowest BCUT2D eigenvalue weighted by molar-refractivity contribution is 0.372. The van der Waals surface area contributed by atoms with Crippen LogP contribution in [0.2, 0.25) is 0 Å². The normalized spacial score (nSPS) is 19.4. The van der Waals surface area contributed by atoms with Gasteiger partial charge in [0.1, 0.15) is 0 Å². The number of nitrogens with two attached hydrogens (primary N) is 1. The van der Waals surface area contributed by atoms with Gasteiger partial charge in [0.05, 0.1) is 0 Å². The van der Waals surface area contributed by atoms with Crippen LogP contribution in [0.25, 0.3) is 0 Å². The van der Waals surface area contributed by atoms with Crippen LogP contribution < -0.4 is 5.73 Å². The molecule has 1 aliphatic carbocycles. The molecule has 0 saturated heterocycles. The monoisotopic (exact) mass is 329 g/mol. The third-order valence-corrected chi connectivity index (χ3v) is 4.84. The van der Waals surface area contributed by atoms with E-state index in [1.807, 2.05) is 0 Å². The van der Waals surface area contributed by atoms with Crippen LogP contribution >= 0.6 is 15.9 Å². The Bertz CT molecular complexity index is 593. The van der Waals surface area contributed by atoms with Crippen LogP contribution in [0.15, 0.2) is 53.0 Å². The van der Waals surface area contributed by atoms with Gasteiger partial charge < -0.3 is 5.73 Å². The van der Waals surface area contributed by atoms with Crippen LogP contribution in [0, 0.1) is 5.92 Å². The molecule has 2 unspecified atom stereocenters. The van der Waals surface area contributed by atoms with Crippen LogP contribution in [0.5, 0.6) is 0 Å². The van der Waals surface area contributed by atoms with Crippen molar-refractivity contribution in [1.29, 1.82) is 0 Å². The molecule has 0 radical (unpaired) electrons. The molecule has 3 rings (SSSR count). The van der Waals surface area contributed by atoms with Gasteiger partial charge in [0.25, 0.3) is 0 Å². The van der Waals surface area contributed by atoms with Crippen molar-refractivity contribution < 1.29 is 0 Å². The highest BCUT2D eigenvalue weighted by Crippen LogP contribution is 2.28. The van der Waals surface area contributed by atoms with Crippen LogP contribution in [-0.4, -0.2) is 6.04 Å². The molecule has 2 heteroatoms. The Morgan fingerprint density at radius 3 is 2.70 bits per heavy atom. The first-order valence-electron chi connectivity index (χ1n) is 7.29. The summed E-state index contributed by atoms with van der Waals surface area (Å²) in [5.74, 6) is 0.601. The summed E-state index contributed by atoms with van der Waals surface area (Å²) in [5, 5.41) is 0. The lowest BCUT2D eigenvalue weighted by Gasteiger charge is -2.29. The van der Waals surface area contributed by atoms with Crippen molar-refractivity contribution in [3.63, 3.8) is 0 Å². The van der Waals surface area contributed by atoms with Crippen molar-refractivity contribution in [2.24, 2.45) is 11.7 Å². The van der Waals surface area contributed by atoms with Gasteiger partial charge in [-0.1, -0.05) is 52.3 Å². The molecule has 2 atom stereocenters. The zero-order valence-corrected chi connectivity index (χ0v) is 13.1. The van der Waals surface area contributed by atoms with E-state index in [1.165, 1.54) is 29.5 Å². The van der Waals surface area contributed by atoms with Gasteiger partial charge in [-0.25, -0.2) is 0 Å². The van der Waals surface area contributed by atoms with Crippen LogP contribution in [0.4, 0.5) is 0 Å². The number of fused-ring (bicyclic) bond motifs is 1. The highest BCUT2D eigenvalue weighted by Gasteiger charge is 2.23. The standard InChI is InChI=1S/C18H20BrN/c19-17-7-3-4-13(10-17)11-18(20)16-9-8-14-5-1-2-6-15(14)12-16/h1-7,10,16,18H,8-9,11-12,20H2. The number of halogens is 1. The predicted molar refractivity (Wildman–Crippen MR) is 87.8 cm³/mol. The second-order valence-corrected chi connectivity index (χ2v) is 6.69. The first kappa shape index (κ1) is 13.8. The van der Waals surface area contributed by atoms with E-state index in [9.17, 15) is 0 Å². The third-order valence-electron chi connectivity index (χ3n) is 4.35. The number of hydrogen-bond donors (Lipinski definition) is 1. The minimum Gasteiger partial charge on any atom is -0.327 e. The molecule has 0 spiro atoms. The second kappa shape index (κ2) is 6.11. The molecule has 0 aromatic heterocycles. The molecule has 0 amide bonds. The summed E-state index contributed by atoms with van der Waals surface area (Å²) in [6, 6.07) is 17.5. The molecule has 1 aliphatic rings. The Labute approximate surface area is 129 Å². The maximum absolute atomic E-state index is 6.47. The Kier molecular flexibility index (Phi) is 4.23. The Morgan fingerprint density at radius 2 is 1.90 bits per heavy atom. The number of hydrogen-bond acceptors (Lipinski definition) is 1. The summed E-state index contributed by atoms with van der Waals surface area (Å²) in [6.45, 7) is 0. The lowest BCUT2D eigenvalue weighted by atomic mass is 9.79. The summed E-state index contributed by atoms with van der Waals surface area (Å²) in [7, 11) is 0. The lowest BCUT2D eigenvalue weighted by Crippen LogP contribution is -2.35. The minimum atomic E-state index is 0.248. The van der Waals surface area contributed by atoms with Crippen molar-refractivity contribution in [3.05, 3.63) is 69.7 Å². The van der Waals surface area contributed by atoms with Crippen LogP contribution in [0.1, 0.15) is 23.1 Å². The van der Waals surface area contributed by atoms with Gasteiger partial charge in [-0.05, 0) is 60.4 Å². The summed E-state index contributed by atoms with van der Waals surface area (Å²) in [6.07, 6.45) is 4.48. The Morgan fingerprint density at radius 1 is 1.10 bits per heavy atom. The molecule has 1 nitrogen and oxygen atoms in total. The predicted octanol–water partition coefficient (Wildman–Crippen LogP) is 4.12. The van der Waals surface area contributed by atoms with Crippen molar-refractivity contribution >= 4 is 15.9 Å². The van der Waals surface area contributed by atoms with Crippen molar-refractivity contribution in [1.82, 2.24) is 0 Å². The molecule has 2 aromatic rings. The molecule has 2 N–H and O–H groups in total. The zero-order chi connectivity index (χ0) is 13.9. The van der Waals surface area contributed by atoms with E-state index in [0.29, 0.717) is 5.92 Å². The zero-order valence-electron chi connectivity index (χ0n) is 11.6. The Hall–Kier alpha value is -1.12. The molecule has 104 valence electrons. The molecule has 0 heterocycles. The van der Waals surface area contributed by atoms with E-state index in [0.717, 1.165) is 17.3 Å². The third kappa shape index (κ3) is 3.13. The number of rotatable bonds is 3. The number of benzene rings is 2. The van der Waals surface area contributed by atoms with Crippen molar-refractivity contribution in [2.45, 2.75) is 31.7 Å². The molecule has 20 heavy (non-hydrogen) atoms. The summed E-state index contributed by atoms with van der Waals surface area (Å²) in [4.78, 5) is 0. The highest BCUT2D eigenvalue weighted by molar-refractivity contribution is 9.10. The van der Waals surface area contributed by atoms with Crippen LogP contribution in [-0.2, 0) is 19.3 Å². The van der Waals surface area contributed by atoms with E-state index in [2.05, 4.69) is 64.5 Å². The molecule has 0 bridgehead atoms. The van der Waals surface area contributed by atoms with Crippen LogP contribution in [0.3, 0.4) is 0 Å². The highest BCUT2D eigenvalue weighted by atomic mass is 79.9. The maximum atomic E-state index is 6.47. The second-order valence-electron chi connectivity index (χ2n) is 5.77. The largest absolute Gasteiger partial charge is 0.327 e. The molecule has 0 saturated carbocycles. The number of aryl methyl sites for hydroxylation is 1. The summed E-state index contributed by atoms with van der Waals surface area (Å²) in [5.41, 5.74) is 10.8. The average Bonchev–Trinajstić information content (AvgIpc) is 2.47. The van der Waals surface area contributed by atoms with E-state index < -0.39 is 0 Å². The SMILES string of the molecule is NC(Cc1cccc(Br)c1)C1CCc2ccccc2C1. The molecule has 2 aromatic carbocycles.